The molecule has 1 fully saturated rings. The molecule has 0 atom stereocenters. The first kappa shape index (κ1) is 19.4. The Morgan fingerprint density at radius 1 is 0.968 bits per heavy atom. The maximum Gasteiger partial charge on any atom is 0.573 e. The minimum Gasteiger partial charge on any atom is -0.406 e. The van der Waals surface area contributed by atoms with Gasteiger partial charge in [0.15, 0.2) is 0 Å². The van der Waals surface area contributed by atoms with Gasteiger partial charge < -0.3 is 9.64 Å². The molecule has 10 heteroatoms. The standard InChI is InChI=1S/C21H19F3N6O/c22-21(23,24)31-17-3-2-16-14-26-20(18(16)13-17)15-4-6-25-19(12-15)28-8-10-29(11-9-28)30-7-1-5-27-30/h1-7,12-13H,8-11,14H2. The third kappa shape index (κ3) is 4.05. The van der Waals surface area contributed by atoms with Gasteiger partial charge in [0.2, 0.25) is 0 Å². The monoisotopic (exact) mass is 428 g/mol. The lowest BCUT2D eigenvalue weighted by Gasteiger charge is -2.36. The van der Waals surface area contributed by atoms with Crippen molar-refractivity contribution in [3.05, 3.63) is 71.7 Å². The highest BCUT2D eigenvalue weighted by molar-refractivity contribution is 6.15. The molecule has 7 nitrogen and oxygen atoms in total. The van der Waals surface area contributed by atoms with Gasteiger partial charge in [-0.05, 0) is 35.9 Å². The Bertz CT molecular complexity index is 1100. The van der Waals surface area contributed by atoms with Crippen LogP contribution in [0.25, 0.3) is 0 Å². The number of benzene rings is 1. The smallest absolute Gasteiger partial charge is 0.406 e. The Labute approximate surface area is 176 Å². The zero-order valence-electron chi connectivity index (χ0n) is 16.5. The van der Waals surface area contributed by atoms with E-state index in [2.05, 4.69) is 29.7 Å². The van der Waals surface area contributed by atoms with Gasteiger partial charge in [0.1, 0.15) is 11.6 Å². The SMILES string of the molecule is FC(F)(F)Oc1ccc2c(c1)C(c1ccnc(N3CCN(n4cccn4)CC3)c1)=NC2. The molecule has 2 aliphatic heterocycles. The molecule has 0 spiro atoms. The summed E-state index contributed by atoms with van der Waals surface area (Å²) in [6.45, 7) is 3.59. The van der Waals surface area contributed by atoms with Gasteiger partial charge in [-0.1, -0.05) is 6.07 Å². The lowest BCUT2D eigenvalue weighted by atomic mass is 10.0. The number of piperazine rings is 1. The number of aliphatic imine (C=N–C) groups is 1. The Balaban J connectivity index is 1.35. The van der Waals surface area contributed by atoms with E-state index in [0.717, 1.165) is 43.1 Å². The van der Waals surface area contributed by atoms with Crippen LogP contribution in [0.1, 0.15) is 16.7 Å². The van der Waals surface area contributed by atoms with Gasteiger partial charge in [0.05, 0.1) is 31.5 Å². The molecule has 1 saturated heterocycles. The number of rotatable bonds is 4. The summed E-state index contributed by atoms with van der Waals surface area (Å²) < 4.78 is 41.9. The van der Waals surface area contributed by atoms with Gasteiger partial charge in [-0.3, -0.25) is 10.0 Å². The molecule has 0 unspecified atom stereocenters. The predicted molar refractivity (Wildman–Crippen MR) is 109 cm³/mol. The molecule has 0 N–H and O–H groups in total. The first-order chi connectivity index (χ1) is 15.0. The molecule has 4 heterocycles. The number of anilines is 1. The quantitative estimate of drug-likeness (QED) is 0.640. The van der Waals surface area contributed by atoms with Crippen LogP contribution in [0.2, 0.25) is 0 Å². The molecular formula is C21H19F3N6O. The summed E-state index contributed by atoms with van der Waals surface area (Å²) in [6, 6.07) is 10.0. The molecular weight excluding hydrogens is 409 g/mol. The number of fused-ring (bicyclic) bond motifs is 1. The summed E-state index contributed by atoms with van der Waals surface area (Å²) in [5.41, 5.74) is 3.00. The van der Waals surface area contributed by atoms with Crippen LogP contribution >= 0.6 is 0 Å². The lowest BCUT2D eigenvalue weighted by molar-refractivity contribution is -0.274. The lowest BCUT2D eigenvalue weighted by Crippen LogP contribution is -2.51. The maximum atomic E-state index is 12.6. The van der Waals surface area contributed by atoms with Crippen molar-refractivity contribution in [1.29, 1.82) is 0 Å². The van der Waals surface area contributed by atoms with Gasteiger partial charge >= 0.3 is 6.36 Å². The van der Waals surface area contributed by atoms with Crippen LogP contribution in [0.3, 0.4) is 0 Å². The van der Waals surface area contributed by atoms with Crippen molar-refractivity contribution >= 4 is 11.5 Å². The fraction of sp³-hybridized carbons (Fsp3) is 0.286. The molecule has 0 radical (unpaired) electrons. The zero-order valence-corrected chi connectivity index (χ0v) is 16.5. The summed E-state index contributed by atoms with van der Waals surface area (Å²) in [5, 5.41) is 6.42. The highest BCUT2D eigenvalue weighted by atomic mass is 19.4. The van der Waals surface area contributed by atoms with E-state index in [0.29, 0.717) is 17.8 Å². The van der Waals surface area contributed by atoms with Crippen molar-refractivity contribution in [2.45, 2.75) is 12.9 Å². The molecule has 0 amide bonds. The number of halogens is 3. The van der Waals surface area contributed by atoms with E-state index in [1.807, 2.05) is 29.2 Å². The van der Waals surface area contributed by atoms with Crippen molar-refractivity contribution in [1.82, 2.24) is 14.9 Å². The van der Waals surface area contributed by atoms with Crippen molar-refractivity contribution in [2.24, 2.45) is 4.99 Å². The Morgan fingerprint density at radius 2 is 1.81 bits per heavy atom. The molecule has 0 bridgehead atoms. The summed E-state index contributed by atoms with van der Waals surface area (Å²) >= 11 is 0. The minimum absolute atomic E-state index is 0.245. The fourth-order valence-electron chi connectivity index (χ4n) is 3.90. The van der Waals surface area contributed by atoms with Crippen LogP contribution in [0.4, 0.5) is 19.0 Å². The molecule has 0 aliphatic carbocycles. The normalized spacial score (nSPS) is 16.3. The van der Waals surface area contributed by atoms with E-state index in [1.54, 1.807) is 18.5 Å². The second-order valence-corrected chi connectivity index (χ2v) is 7.30. The predicted octanol–water partition coefficient (Wildman–Crippen LogP) is 2.99. The van der Waals surface area contributed by atoms with Crippen molar-refractivity contribution in [3.63, 3.8) is 0 Å². The molecule has 5 rings (SSSR count). The third-order valence-electron chi connectivity index (χ3n) is 5.36. The van der Waals surface area contributed by atoms with E-state index < -0.39 is 6.36 Å². The third-order valence-corrected chi connectivity index (χ3v) is 5.36. The average Bonchev–Trinajstić information content (AvgIpc) is 3.43. The van der Waals surface area contributed by atoms with Gasteiger partial charge in [-0.15, -0.1) is 13.2 Å². The summed E-state index contributed by atoms with van der Waals surface area (Å²) in [5.74, 6) is 0.571. The van der Waals surface area contributed by atoms with Crippen LogP contribution in [0, 0.1) is 0 Å². The van der Waals surface area contributed by atoms with Gasteiger partial charge in [0.25, 0.3) is 0 Å². The Kier molecular flexibility index (Phi) is 4.76. The molecule has 2 aliphatic rings. The van der Waals surface area contributed by atoms with E-state index in [1.165, 1.54) is 12.1 Å². The van der Waals surface area contributed by atoms with Crippen molar-refractivity contribution < 1.29 is 17.9 Å². The highest BCUT2D eigenvalue weighted by Gasteiger charge is 2.32. The summed E-state index contributed by atoms with van der Waals surface area (Å²) in [4.78, 5) is 13.1. The van der Waals surface area contributed by atoms with Crippen LogP contribution in [-0.2, 0) is 6.54 Å². The van der Waals surface area contributed by atoms with E-state index in [9.17, 15) is 13.2 Å². The number of nitrogens with zero attached hydrogens (tertiary/aromatic N) is 6. The molecule has 31 heavy (non-hydrogen) atoms. The minimum atomic E-state index is -4.73. The van der Waals surface area contributed by atoms with E-state index in [4.69, 9.17) is 0 Å². The van der Waals surface area contributed by atoms with Crippen LogP contribution in [0.5, 0.6) is 5.75 Å². The molecule has 2 aromatic heterocycles. The second-order valence-electron chi connectivity index (χ2n) is 7.30. The topological polar surface area (TPSA) is 58.8 Å². The number of alkyl halides is 3. The Morgan fingerprint density at radius 3 is 2.55 bits per heavy atom. The van der Waals surface area contributed by atoms with Gasteiger partial charge in [-0.2, -0.15) is 9.89 Å². The summed E-state index contributed by atoms with van der Waals surface area (Å²) in [6.07, 6.45) is 0.650. The number of ether oxygens (including phenoxy) is 1. The maximum absolute atomic E-state index is 12.6. The molecule has 0 saturated carbocycles. The van der Waals surface area contributed by atoms with Crippen LogP contribution < -0.4 is 14.6 Å². The zero-order chi connectivity index (χ0) is 21.4. The molecule has 160 valence electrons. The molecule has 1 aromatic carbocycles. The average molecular weight is 428 g/mol. The Hall–Kier alpha value is -3.56. The van der Waals surface area contributed by atoms with Crippen LogP contribution in [-0.4, -0.2) is 53.1 Å². The largest absolute Gasteiger partial charge is 0.573 e. The van der Waals surface area contributed by atoms with E-state index >= 15 is 0 Å². The fourth-order valence-corrected chi connectivity index (χ4v) is 3.90. The number of hydrogen-bond donors (Lipinski definition) is 0. The van der Waals surface area contributed by atoms with Crippen molar-refractivity contribution in [2.75, 3.05) is 36.1 Å². The van der Waals surface area contributed by atoms with Gasteiger partial charge in [0, 0.05) is 36.6 Å². The number of pyridine rings is 1. The highest BCUT2D eigenvalue weighted by Crippen LogP contribution is 2.30. The van der Waals surface area contributed by atoms with E-state index in [-0.39, 0.29) is 5.75 Å². The summed E-state index contributed by atoms with van der Waals surface area (Å²) in [7, 11) is 0. The first-order valence-corrected chi connectivity index (χ1v) is 9.86. The molecule has 3 aromatic rings. The number of aromatic nitrogens is 3. The first-order valence-electron chi connectivity index (χ1n) is 9.86. The van der Waals surface area contributed by atoms with Crippen LogP contribution in [0.15, 0.2) is 60.0 Å². The number of hydrogen-bond acceptors (Lipinski definition) is 6. The van der Waals surface area contributed by atoms with Gasteiger partial charge in [-0.25, -0.2) is 4.98 Å². The van der Waals surface area contributed by atoms with Crippen molar-refractivity contribution in [3.8, 4) is 5.75 Å². The second kappa shape index (κ2) is 7.60.